The lowest BCUT2D eigenvalue weighted by Crippen LogP contribution is -2.51. The summed E-state index contributed by atoms with van der Waals surface area (Å²) in [6, 6.07) is 5.97. The van der Waals surface area contributed by atoms with Gasteiger partial charge in [0.25, 0.3) is 0 Å². The highest BCUT2D eigenvalue weighted by atomic mass is 127. The second-order valence-electron chi connectivity index (χ2n) is 7.49. The number of carbonyl (C=O) groups excluding carboxylic acids is 2. The van der Waals surface area contributed by atoms with Crippen molar-refractivity contribution < 1.29 is 14.3 Å². The highest BCUT2D eigenvalue weighted by Crippen LogP contribution is 2.17. The molecule has 31 heavy (non-hydrogen) atoms. The fourth-order valence-electron chi connectivity index (χ4n) is 3.06. The number of rotatable bonds is 6. The fraction of sp³-hybridized carbons (Fsp3) is 0.571. The third kappa shape index (κ3) is 9.10. The summed E-state index contributed by atoms with van der Waals surface area (Å²) < 4.78 is 5.07. The number of halogens is 2. The van der Waals surface area contributed by atoms with Crippen LogP contribution in [0.25, 0.3) is 0 Å². The minimum absolute atomic E-state index is 0. The largest absolute Gasteiger partial charge is 0.450 e. The first-order valence-corrected chi connectivity index (χ1v) is 10.6. The van der Waals surface area contributed by atoms with Crippen molar-refractivity contribution in [2.45, 2.75) is 39.3 Å². The number of nitrogens with zero attached hydrogens (tertiary/aromatic N) is 3. The lowest BCUT2D eigenvalue weighted by atomic mass is 10.1. The maximum Gasteiger partial charge on any atom is 0.409 e. The van der Waals surface area contributed by atoms with Crippen molar-refractivity contribution >= 4 is 53.5 Å². The summed E-state index contributed by atoms with van der Waals surface area (Å²) in [5.41, 5.74) is 2.04. The van der Waals surface area contributed by atoms with Gasteiger partial charge >= 0.3 is 6.09 Å². The molecule has 0 saturated carbocycles. The van der Waals surface area contributed by atoms with Crippen molar-refractivity contribution in [3.8, 4) is 0 Å². The maximum absolute atomic E-state index is 12.0. The van der Waals surface area contributed by atoms with Gasteiger partial charge in [-0.2, -0.15) is 0 Å². The highest BCUT2D eigenvalue weighted by molar-refractivity contribution is 14.0. The van der Waals surface area contributed by atoms with Crippen LogP contribution >= 0.6 is 35.6 Å². The number of amides is 2. The average molecular weight is 566 g/mol. The minimum atomic E-state index is -0.266. The monoisotopic (exact) mass is 565 g/mol. The lowest BCUT2D eigenvalue weighted by molar-refractivity contribution is -0.127. The molecule has 174 valence electrons. The van der Waals surface area contributed by atoms with E-state index in [-0.39, 0.29) is 48.6 Å². The van der Waals surface area contributed by atoms with Crippen LogP contribution in [0.5, 0.6) is 0 Å². The van der Waals surface area contributed by atoms with Crippen molar-refractivity contribution in [2.24, 2.45) is 4.99 Å². The molecule has 1 fully saturated rings. The van der Waals surface area contributed by atoms with Gasteiger partial charge in [-0.1, -0.05) is 23.7 Å². The molecule has 10 heteroatoms. The van der Waals surface area contributed by atoms with Gasteiger partial charge in [-0.3, -0.25) is 4.79 Å². The van der Waals surface area contributed by atoms with Crippen LogP contribution in [0.2, 0.25) is 5.02 Å². The molecule has 0 atom stereocenters. The van der Waals surface area contributed by atoms with Crippen molar-refractivity contribution in [2.75, 3.05) is 40.3 Å². The van der Waals surface area contributed by atoms with E-state index in [0.717, 1.165) is 29.0 Å². The molecule has 1 aromatic rings. The molecule has 0 unspecified atom stereocenters. The van der Waals surface area contributed by atoms with Crippen LogP contribution in [0.4, 0.5) is 4.79 Å². The van der Waals surface area contributed by atoms with E-state index >= 15 is 0 Å². The Morgan fingerprint density at radius 2 is 1.97 bits per heavy atom. The van der Waals surface area contributed by atoms with Crippen LogP contribution < -0.4 is 10.6 Å². The van der Waals surface area contributed by atoms with Crippen molar-refractivity contribution in [1.82, 2.24) is 20.4 Å². The number of aryl methyl sites for hydroxylation is 1. The standard InChI is InChI=1S/C21H32ClN5O3.HI/c1-5-30-21(29)27-10-8-17(9-11-27)25-20(24-14-19(28)26(3)4)23-13-16-6-7-18(22)15(2)12-16;/h6-7,12,17H,5,8-11,13-14H2,1-4H3,(H2,23,24,25);1H. The summed E-state index contributed by atoms with van der Waals surface area (Å²) in [6.07, 6.45) is 1.29. The number of piperidine rings is 1. The van der Waals surface area contributed by atoms with E-state index in [1.54, 1.807) is 25.9 Å². The summed E-state index contributed by atoms with van der Waals surface area (Å²) in [5, 5.41) is 7.24. The van der Waals surface area contributed by atoms with E-state index in [1.165, 1.54) is 4.90 Å². The molecule has 1 aromatic carbocycles. The summed E-state index contributed by atoms with van der Waals surface area (Å²) >= 11 is 6.10. The average Bonchev–Trinajstić information content (AvgIpc) is 2.72. The Balaban J connectivity index is 0.00000480. The Morgan fingerprint density at radius 3 is 2.55 bits per heavy atom. The second kappa shape index (κ2) is 13.6. The number of likely N-dealkylation sites (tertiary alicyclic amines) is 1. The van der Waals surface area contributed by atoms with Crippen molar-refractivity contribution in [3.63, 3.8) is 0 Å². The second-order valence-corrected chi connectivity index (χ2v) is 7.90. The van der Waals surface area contributed by atoms with Crippen LogP contribution in [0.15, 0.2) is 23.2 Å². The van der Waals surface area contributed by atoms with Gasteiger partial charge in [-0.15, -0.1) is 24.0 Å². The first kappa shape index (κ1) is 27.3. The molecule has 0 spiro atoms. The number of aliphatic imine (C=N–C) groups is 1. The normalized spacial score (nSPS) is 14.5. The third-order valence-corrected chi connectivity index (χ3v) is 5.33. The van der Waals surface area contributed by atoms with Gasteiger partial charge in [0.05, 0.1) is 19.7 Å². The minimum Gasteiger partial charge on any atom is -0.450 e. The Bertz CT molecular complexity index is 767. The summed E-state index contributed by atoms with van der Waals surface area (Å²) in [6.45, 7) is 6.00. The molecule has 0 bridgehead atoms. The van der Waals surface area contributed by atoms with Gasteiger partial charge in [-0.05, 0) is 43.9 Å². The van der Waals surface area contributed by atoms with Crippen LogP contribution in [0.1, 0.15) is 30.9 Å². The predicted octanol–water partition coefficient (Wildman–Crippen LogP) is 3.01. The molecular formula is C21H33ClIN5O3. The van der Waals surface area contributed by atoms with Gasteiger partial charge in [0, 0.05) is 38.2 Å². The molecule has 1 heterocycles. The van der Waals surface area contributed by atoms with Crippen LogP contribution in [0.3, 0.4) is 0 Å². The van der Waals surface area contributed by atoms with Gasteiger partial charge < -0.3 is 25.2 Å². The Labute approximate surface area is 206 Å². The maximum atomic E-state index is 12.0. The SMILES string of the molecule is CCOC(=O)N1CCC(NC(=NCc2ccc(Cl)c(C)c2)NCC(=O)N(C)C)CC1.I. The number of hydrogen-bond acceptors (Lipinski definition) is 4. The number of nitrogens with one attached hydrogen (secondary N) is 2. The summed E-state index contributed by atoms with van der Waals surface area (Å²) in [4.78, 5) is 31.8. The van der Waals surface area contributed by atoms with E-state index in [0.29, 0.717) is 32.2 Å². The Morgan fingerprint density at radius 1 is 1.29 bits per heavy atom. The van der Waals surface area contributed by atoms with Crippen LogP contribution in [0, 0.1) is 6.92 Å². The van der Waals surface area contributed by atoms with Crippen molar-refractivity contribution in [1.29, 1.82) is 0 Å². The topological polar surface area (TPSA) is 86.3 Å². The number of benzene rings is 1. The Hall–Kier alpha value is -1.75. The first-order valence-electron chi connectivity index (χ1n) is 10.2. The predicted molar refractivity (Wildman–Crippen MR) is 134 cm³/mol. The highest BCUT2D eigenvalue weighted by Gasteiger charge is 2.24. The molecule has 0 radical (unpaired) electrons. The van der Waals surface area contributed by atoms with Gasteiger partial charge in [0.2, 0.25) is 5.91 Å². The Kier molecular flexibility index (Phi) is 12.0. The lowest BCUT2D eigenvalue weighted by Gasteiger charge is -2.32. The molecule has 8 nitrogen and oxygen atoms in total. The smallest absolute Gasteiger partial charge is 0.409 e. The first-order chi connectivity index (χ1) is 14.3. The quantitative estimate of drug-likeness (QED) is 0.315. The molecule has 1 saturated heterocycles. The van der Waals surface area contributed by atoms with Crippen LogP contribution in [-0.4, -0.2) is 74.1 Å². The molecule has 0 aliphatic carbocycles. The zero-order chi connectivity index (χ0) is 22.1. The zero-order valence-electron chi connectivity index (χ0n) is 18.6. The van der Waals surface area contributed by atoms with E-state index in [2.05, 4.69) is 15.6 Å². The number of likely N-dealkylation sites (N-methyl/N-ethyl adjacent to an activating group) is 1. The molecule has 0 aromatic heterocycles. The molecule has 1 aliphatic rings. The molecule has 1 aliphatic heterocycles. The molecule has 2 rings (SSSR count). The molecule has 2 N–H and O–H groups in total. The number of ether oxygens (including phenoxy) is 1. The van der Waals surface area contributed by atoms with Gasteiger partial charge in [0.1, 0.15) is 0 Å². The van der Waals surface area contributed by atoms with E-state index in [4.69, 9.17) is 16.3 Å². The van der Waals surface area contributed by atoms with Gasteiger partial charge in [-0.25, -0.2) is 9.79 Å². The number of carbonyl (C=O) groups is 2. The fourth-order valence-corrected chi connectivity index (χ4v) is 3.18. The summed E-state index contributed by atoms with van der Waals surface area (Å²) in [7, 11) is 3.44. The van der Waals surface area contributed by atoms with E-state index < -0.39 is 0 Å². The molecule has 2 amide bonds. The van der Waals surface area contributed by atoms with E-state index in [1.807, 2.05) is 25.1 Å². The van der Waals surface area contributed by atoms with E-state index in [9.17, 15) is 9.59 Å². The molecular weight excluding hydrogens is 533 g/mol. The number of hydrogen-bond donors (Lipinski definition) is 2. The van der Waals surface area contributed by atoms with Crippen molar-refractivity contribution in [3.05, 3.63) is 34.3 Å². The van der Waals surface area contributed by atoms with Crippen LogP contribution in [-0.2, 0) is 16.1 Å². The third-order valence-electron chi connectivity index (χ3n) is 4.91. The zero-order valence-corrected chi connectivity index (χ0v) is 21.7. The van der Waals surface area contributed by atoms with Gasteiger partial charge in [0.15, 0.2) is 5.96 Å². The summed E-state index contributed by atoms with van der Waals surface area (Å²) in [5.74, 6) is 0.538. The number of guanidine groups is 1.